The summed E-state index contributed by atoms with van der Waals surface area (Å²) in [4.78, 5) is 30.5. The fourth-order valence-electron chi connectivity index (χ4n) is 3.02. The number of nitrogens with zero attached hydrogens (tertiary/aromatic N) is 2. The third-order valence-electron chi connectivity index (χ3n) is 4.34. The molecule has 1 atom stereocenters. The van der Waals surface area contributed by atoms with Crippen LogP contribution in [0.3, 0.4) is 0 Å². The lowest BCUT2D eigenvalue weighted by Gasteiger charge is -2.38. The van der Waals surface area contributed by atoms with Gasteiger partial charge >= 0.3 is 0 Å². The van der Waals surface area contributed by atoms with Crippen LogP contribution in [0.25, 0.3) is 10.9 Å². The summed E-state index contributed by atoms with van der Waals surface area (Å²) in [6, 6.07) is 18.8. The van der Waals surface area contributed by atoms with E-state index < -0.39 is 6.04 Å². The van der Waals surface area contributed by atoms with Crippen LogP contribution in [0.2, 0.25) is 0 Å². The highest BCUT2D eigenvalue weighted by molar-refractivity contribution is 6.05. The first kappa shape index (κ1) is 15.3. The molecule has 2 heterocycles. The summed E-state index contributed by atoms with van der Waals surface area (Å²) in [7, 11) is 0. The van der Waals surface area contributed by atoms with Crippen LogP contribution in [-0.2, 0) is 16.0 Å². The predicted molar refractivity (Wildman–Crippen MR) is 96.2 cm³/mol. The average molecular weight is 331 g/mol. The Hall–Kier alpha value is -3.21. The van der Waals surface area contributed by atoms with Gasteiger partial charge in [0, 0.05) is 17.3 Å². The monoisotopic (exact) mass is 331 g/mol. The molecule has 0 bridgehead atoms. The molecule has 25 heavy (non-hydrogen) atoms. The number of carbonyl (C=O) groups excluding carboxylic acids is 2. The fourth-order valence-corrected chi connectivity index (χ4v) is 3.02. The number of para-hydroxylation sites is 2. The van der Waals surface area contributed by atoms with Crippen LogP contribution in [-0.4, -0.2) is 29.4 Å². The molecule has 4 rings (SSSR count). The molecule has 1 aromatic heterocycles. The van der Waals surface area contributed by atoms with Crippen molar-refractivity contribution < 1.29 is 9.59 Å². The summed E-state index contributed by atoms with van der Waals surface area (Å²) in [5, 5.41) is 3.81. The number of hydrogen-bond acceptors (Lipinski definition) is 3. The molecule has 3 aromatic rings. The van der Waals surface area contributed by atoms with Gasteiger partial charge in [0.2, 0.25) is 5.91 Å². The predicted octanol–water partition coefficient (Wildman–Crippen LogP) is 2.31. The summed E-state index contributed by atoms with van der Waals surface area (Å²) < 4.78 is 0. The zero-order valence-corrected chi connectivity index (χ0v) is 13.6. The van der Waals surface area contributed by atoms with E-state index in [-0.39, 0.29) is 18.2 Å². The second-order valence-electron chi connectivity index (χ2n) is 6.12. The van der Waals surface area contributed by atoms with Crippen molar-refractivity contribution in [2.75, 3.05) is 11.4 Å². The number of fused-ring (bicyclic) bond motifs is 1. The van der Waals surface area contributed by atoms with Crippen molar-refractivity contribution in [3.05, 3.63) is 72.4 Å². The molecule has 1 saturated heterocycles. The third kappa shape index (κ3) is 3.08. The molecule has 1 aliphatic heterocycles. The van der Waals surface area contributed by atoms with E-state index in [1.807, 2.05) is 60.7 Å². The van der Waals surface area contributed by atoms with Gasteiger partial charge in [-0.15, -0.1) is 0 Å². The zero-order chi connectivity index (χ0) is 17.2. The van der Waals surface area contributed by atoms with E-state index >= 15 is 0 Å². The van der Waals surface area contributed by atoms with Gasteiger partial charge in [-0.1, -0.05) is 36.4 Å². The highest BCUT2D eigenvalue weighted by Gasteiger charge is 2.38. The van der Waals surface area contributed by atoms with Crippen LogP contribution in [0.1, 0.15) is 5.56 Å². The molecule has 1 fully saturated rings. The van der Waals surface area contributed by atoms with Crippen molar-refractivity contribution >= 4 is 28.4 Å². The van der Waals surface area contributed by atoms with Crippen LogP contribution < -0.4 is 10.2 Å². The molecule has 2 amide bonds. The number of benzene rings is 2. The number of aromatic nitrogens is 1. The van der Waals surface area contributed by atoms with E-state index in [4.69, 9.17) is 0 Å². The van der Waals surface area contributed by atoms with Crippen LogP contribution in [0.15, 0.2) is 66.9 Å². The van der Waals surface area contributed by atoms with Crippen molar-refractivity contribution in [1.29, 1.82) is 0 Å². The Bertz CT molecular complexity index is 940. The lowest BCUT2D eigenvalue weighted by atomic mass is 10.1. The number of carbonyl (C=O) groups is 2. The molecule has 0 unspecified atom stereocenters. The van der Waals surface area contributed by atoms with Crippen LogP contribution in [0.4, 0.5) is 5.69 Å². The summed E-state index contributed by atoms with van der Waals surface area (Å²) in [5.74, 6) is -0.237. The normalized spacial score (nSPS) is 16.6. The maximum atomic E-state index is 12.2. The van der Waals surface area contributed by atoms with Gasteiger partial charge in [0.25, 0.3) is 5.91 Å². The van der Waals surface area contributed by atoms with Crippen LogP contribution in [0, 0.1) is 0 Å². The van der Waals surface area contributed by atoms with E-state index in [1.54, 1.807) is 11.1 Å². The molecule has 0 radical (unpaired) electrons. The van der Waals surface area contributed by atoms with E-state index in [2.05, 4.69) is 10.3 Å². The first-order chi connectivity index (χ1) is 12.2. The van der Waals surface area contributed by atoms with E-state index in [1.165, 1.54) is 0 Å². The fraction of sp³-hybridized carbons (Fsp3) is 0.150. The minimum atomic E-state index is -0.443. The van der Waals surface area contributed by atoms with Crippen molar-refractivity contribution in [2.24, 2.45) is 0 Å². The van der Waals surface area contributed by atoms with E-state index in [0.717, 1.165) is 22.2 Å². The second kappa shape index (κ2) is 6.36. The molecule has 2 aromatic carbocycles. The largest absolute Gasteiger partial charge is 0.342 e. The molecule has 5 heteroatoms. The number of rotatable bonds is 4. The quantitative estimate of drug-likeness (QED) is 0.746. The van der Waals surface area contributed by atoms with E-state index in [9.17, 15) is 9.59 Å². The minimum Gasteiger partial charge on any atom is -0.342 e. The Morgan fingerprint density at radius 2 is 1.88 bits per heavy atom. The molecule has 1 N–H and O–H groups in total. The van der Waals surface area contributed by atoms with Crippen molar-refractivity contribution in [3.63, 3.8) is 0 Å². The molecular weight excluding hydrogens is 314 g/mol. The smallest absolute Gasteiger partial charge is 0.251 e. The summed E-state index contributed by atoms with van der Waals surface area (Å²) in [5.41, 5.74) is 2.60. The van der Waals surface area contributed by atoms with Gasteiger partial charge in [-0.2, -0.15) is 0 Å². The lowest BCUT2D eigenvalue weighted by molar-refractivity contribution is -0.130. The van der Waals surface area contributed by atoms with Gasteiger partial charge in [0.05, 0.1) is 18.5 Å². The first-order valence-electron chi connectivity index (χ1n) is 8.20. The molecule has 0 spiro atoms. The van der Waals surface area contributed by atoms with Crippen molar-refractivity contribution in [3.8, 4) is 0 Å². The standard InChI is InChI=1S/C20H17N3O2/c24-19(11-14-10-15-6-4-5-9-17(15)21-12-14)22-18-13-23(20(18)25)16-7-2-1-3-8-16/h1-10,12,18H,11,13H2,(H,22,24)/t18-/m0/s1. The average Bonchev–Trinajstić information content (AvgIpc) is 2.65. The van der Waals surface area contributed by atoms with Gasteiger partial charge in [-0.05, 0) is 29.8 Å². The Kier molecular flexibility index (Phi) is 3.90. The number of anilines is 1. The summed E-state index contributed by atoms with van der Waals surface area (Å²) >= 11 is 0. The van der Waals surface area contributed by atoms with Gasteiger partial charge < -0.3 is 10.2 Å². The summed E-state index contributed by atoms with van der Waals surface area (Å²) in [6.07, 6.45) is 1.92. The van der Waals surface area contributed by atoms with E-state index in [0.29, 0.717) is 6.54 Å². The van der Waals surface area contributed by atoms with Gasteiger partial charge in [0.1, 0.15) is 6.04 Å². The van der Waals surface area contributed by atoms with Gasteiger partial charge in [-0.3, -0.25) is 14.6 Å². The van der Waals surface area contributed by atoms with Crippen LogP contribution in [0.5, 0.6) is 0 Å². The Morgan fingerprint density at radius 3 is 2.68 bits per heavy atom. The number of hydrogen-bond donors (Lipinski definition) is 1. The third-order valence-corrected chi connectivity index (χ3v) is 4.34. The molecular formula is C20H17N3O2. The molecule has 0 aliphatic carbocycles. The van der Waals surface area contributed by atoms with Gasteiger partial charge in [0.15, 0.2) is 0 Å². The lowest BCUT2D eigenvalue weighted by Crippen LogP contribution is -2.64. The maximum absolute atomic E-state index is 12.2. The number of nitrogens with one attached hydrogen (secondary N) is 1. The SMILES string of the molecule is O=C(Cc1cnc2ccccc2c1)N[C@H]1CN(c2ccccc2)C1=O. The number of β-lactam (4-membered cyclic amide) rings is 1. The molecule has 0 saturated carbocycles. The molecule has 5 nitrogen and oxygen atoms in total. The Morgan fingerprint density at radius 1 is 1.12 bits per heavy atom. The van der Waals surface area contributed by atoms with Crippen molar-refractivity contribution in [2.45, 2.75) is 12.5 Å². The molecule has 1 aliphatic rings. The van der Waals surface area contributed by atoms with Crippen molar-refractivity contribution in [1.82, 2.24) is 10.3 Å². The highest BCUT2D eigenvalue weighted by atomic mass is 16.2. The van der Waals surface area contributed by atoms with Gasteiger partial charge in [-0.25, -0.2) is 0 Å². The maximum Gasteiger partial charge on any atom is 0.251 e. The second-order valence-corrected chi connectivity index (χ2v) is 6.12. The minimum absolute atomic E-state index is 0.0730. The first-order valence-corrected chi connectivity index (χ1v) is 8.20. The van der Waals surface area contributed by atoms with Crippen LogP contribution >= 0.6 is 0 Å². The topological polar surface area (TPSA) is 62.3 Å². The number of pyridine rings is 1. The molecule has 124 valence electrons. The summed E-state index contributed by atoms with van der Waals surface area (Å²) in [6.45, 7) is 0.505. The highest BCUT2D eigenvalue weighted by Crippen LogP contribution is 2.21. The Balaban J connectivity index is 1.37. The number of amides is 2. The Labute approximate surface area is 145 Å². The zero-order valence-electron chi connectivity index (χ0n) is 13.6.